The van der Waals surface area contributed by atoms with Gasteiger partial charge in [-0.05, 0) is 49.7 Å². The van der Waals surface area contributed by atoms with Crippen LogP contribution < -0.4 is 9.62 Å². The molecule has 0 aliphatic heterocycles. The van der Waals surface area contributed by atoms with E-state index < -0.39 is 28.5 Å². The van der Waals surface area contributed by atoms with Crippen LogP contribution in [-0.4, -0.2) is 44.3 Å². The Hall–Kier alpha value is -3.07. The number of amides is 2. The van der Waals surface area contributed by atoms with Crippen molar-refractivity contribution in [3.63, 3.8) is 0 Å². The van der Waals surface area contributed by atoms with Gasteiger partial charge in [-0.25, -0.2) is 8.42 Å². The fraction of sp³-hybridized carbons (Fsp3) is 0.231. The van der Waals surface area contributed by atoms with E-state index in [1.165, 1.54) is 35.2 Å². The molecule has 0 radical (unpaired) electrons. The van der Waals surface area contributed by atoms with E-state index in [1.807, 2.05) is 30.3 Å². The van der Waals surface area contributed by atoms with Crippen molar-refractivity contribution >= 4 is 50.7 Å². The van der Waals surface area contributed by atoms with Crippen LogP contribution in [0, 0.1) is 0 Å². The molecule has 0 aliphatic rings. The first-order valence-corrected chi connectivity index (χ1v) is 13.5. The van der Waals surface area contributed by atoms with Crippen molar-refractivity contribution in [2.75, 3.05) is 17.4 Å². The highest BCUT2D eigenvalue weighted by Gasteiger charge is 2.33. The Morgan fingerprint density at radius 2 is 1.56 bits per heavy atom. The number of sulfonamides is 1. The van der Waals surface area contributed by atoms with Crippen LogP contribution in [0.25, 0.3) is 0 Å². The van der Waals surface area contributed by atoms with E-state index in [2.05, 4.69) is 5.32 Å². The van der Waals surface area contributed by atoms with E-state index in [1.54, 1.807) is 32.0 Å². The number of nitrogens with one attached hydrogen (secondary N) is 1. The summed E-state index contributed by atoms with van der Waals surface area (Å²) < 4.78 is 28.3. The molecular weight excluding hydrogens is 521 g/mol. The van der Waals surface area contributed by atoms with Crippen LogP contribution in [-0.2, 0) is 26.2 Å². The fourth-order valence-corrected chi connectivity index (χ4v) is 5.48. The molecule has 0 spiro atoms. The SMILES string of the molecule is CCNC(=O)C(C)N(Cc1ccccc1)C(=O)CN(c1cc(Cl)ccc1Cl)S(=O)(=O)c1ccccc1. The van der Waals surface area contributed by atoms with Gasteiger partial charge < -0.3 is 10.2 Å². The van der Waals surface area contributed by atoms with Gasteiger partial charge in [0.1, 0.15) is 12.6 Å². The van der Waals surface area contributed by atoms with Gasteiger partial charge in [0, 0.05) is 18.1 Å². The lowest BCUT2D eigenvalue weighted by atomic mass is 10.1. The molecule has 0 aliphatic carbocycles. The van der Waals surface area contributed by atoms with Crippen LogP contribution in [0.15, 0.2) is 83.8 Å². The molecule has 3 aromatic rings. The highest BCUT2D eigenvalue weighted by molar-refractivity contribution is 7.92. The molecule has 190 valence electrons. The summed E-state index contributed by atoms with van der Waals surface area (Å²) in [5.41, 5.74) is 0.854. The number of rotatable bonds is 10. The van der Waals surface area contributed by atoms with Gasteiger partial charge in [0.25, 0.3) is 10.0 Å². The molecule has 0 saturated heterocycles. The second-order valence-corrected chi connectivity index (χ2v) is 10.7. The molecule has 0 bridgehead atoms. The normalized spacial score (nSPS) is 12.0. The number of carbonyl (C=O) groups excluding carboxylic acids is 2. The summed E-state index contributed by atoms with van der Waals surface area (Å²) in [5.74, 6) is -0.923. The molecule has 0 fully saturated rings. The second-order valence-electron chi connectivity index (χ2n) is 8.00. The van der Waals surface area contributed by atoms with E-state index in [-0.39, 0.29) is 33.1 Å². The maximum absolute atomic E-state index is 13.7. The molecule has 36 heavy (non-hydrogen) atoms. The van der Waals surface area contributed by atoms with Gasteiger partial charge in [-0.15, -0.1) is 0 Å². The zero-order valence-corrected chi connectivity index (χ0v) is 22.2. The van der Waals surface area contributed by atoms with Crippen molar-refractivity contribution in [2.24, 2.45) is 0 Å². The molecule has 1 unspecified atom stereocenters. The minimum absolute atomic E-state index is 0.0137. The number of anilines is 1. The molecular formula is C26H27Cl2N3O4S. The summed E-state index contributed by atoms with van der Waals surface area (Å²) in [6.45, 7) is 3.30. The summed E-state index contributed by atoms with van der Waals surface area (Å²) in [7, 11) is -4.21. The van der Waals surface area contributed by atoms with Crippen molar-refractivity contribution in [3.05, 3.63) is 94.5 Å². The molecule has 1 N–H and O–H groups in total. The zero-order valence-electron chi connectivity index (χ0n) is 19.9. The maximum atomic E-state index is 13.7. The van der Waals surface area contributed by atoms with Crippen LogP contribution in [0.4, 0.5) is 5.69 Å². The minimum Gasteiger partial charge on any atom is -0.355 e. The Kier molecular flexibility index (Phi) is 9.37. The number of carbonyl (C=O) groups is 2. The highest BCUT2D eigenvalue weighted by atomic mass is 35.5. The molecule has 0 saturated carbocycles. The van der Waals surface area contributed by atoms with E-state index in [9.17, 15) is 18.0 Å². The third kappa shape index (κ3) is 6.57. The molecule has 1 atom stereocenters. The smallest absolute Gasteiger partial charge is 0.264 e. The average molecular weight is 548 g/mol. The molecule has 7 nitrogen and oxygen atoms in total. The first kappa shape index (κ1) is 27.5. The highest BCUT2D eigenvalue weighted by Crippen LogP contribution is 2.33. The molecule has 3 aromatic carbocycles. The average Bonchev–Trinajstić information content (AvgIpc) is 2.88. The van der Waals surface area contributed by atoms with Crippen LogP contribution in [0.5, 0.6) is 0 Å². The second kappa shape index (κ2) is 12.3. The standard InChI is InChI=1S/C26H27Cl2N3O4S/c1-3-29-26(33)19(2)30(17-20-10-6-4-7-11-20)25(32)18-31(24-16-21(27)14-15-23(24)28)36(34,35)22-12-8-5-9-13-22/h4-16,19H,3,17-18H2,1-2H3,(H,29,33). The van der Waals surface area contributed by atoms with Crippen molar-refractivity contribution < 1.29 is 18.0 Å². The van der Waals surface area contributed by atoms with Gasteiger partial charge in [0.05, 0.1) is 15.6 Å². The summed E-state index contributed by atoms with van der Waals surface area (Å²) in [4.78, 5) is 27.7. The van der Waals surface area contributed by atoms with Crippen molar-refractivity contribution in [1.29, 1.82) is 0 Å². The lowest BCUT2D eigenvalue weighted by Gasteiger charge is -2.32. The Labute approximate surface area is 221 Å². The third-order valence-electron chi connectivity index (χ3n) is 5.50. The quantitative estimate of drug-likeness (QED) is 0.397. The topological polar surface area (TPSA) is 86.8 Å². The third-order valence-corrected chi connectivity index (χ3v) is 7.83. The van der Waals surface area contributed by atoms with Crippen LogP contribution >= 0.6 is 23.2 Å². The number of benzene rings is 3. The molecule has 0 aromatic heterocycles. The molecule has 10 heteroatoms. The number of hydrogen-bond acceptors (Lipinski definition) is 4. The molecule has 0 heterocycles. The summed E-state index contributed by atoms with van der Waals surface area (Å²) in [5, 5.41) is 3.09. The van der Waals surface area contributed by atoms with Gasteiger partial charge >= 0.3 is 0 Å². The predicted molar refractivity (Wildman–Crippen MR) is 143 cm³/mol. The lowest BCUT2D eigenvalue weighted by molar-refractivity contribution is -0.139. The predicted octanol–water partition coefficient (Wildman–Crippen LogP) is 4.74. The van der Waals surface area contributed by atoms with E-state index >= 15 is 0 Å². The van der Waals surface area contributed by atoms with Gasteiger partial charge in [0.2, 0.25) is 11.8 Å². The van der Waals surface area contributed by atoms with Gasteiger partial charge in [0.15, 0.2) is 0 Å². The van der Waals surface area contributed by atoms with E-state index in [0.717, 1.165) is 9.87 Å². The van der Waals surface area contributed by atoms with Crippen LogP contribution in [0.2, 0.25) is 10.0 Å². The fourth-order valence-electron chi connectivity index (χ4n) is 3.59. The van der Waals surface area contributed by atoms with Gasteiger partial charge in [-0.1, -0.05) is 71.7 Å². The Morgan fingerprint density at radius 3 is 2.17 bits per heavy atom. The van der Waals surface area contributed by atoms with Gasteiger partial charge in [-0.2, -0.15) is 0 Å². The largest absolute Gasteiger partial charge is 0.355 e. The Bertz CT molecular complexity index is 1310. The van der Waals surface area contributed by atoms with Crippen molar-refractivity contribution in [2.45, 2.75) is 31.3 Å². The number of likely N-dealkylation sites (N-methyl/N-ethyl adjacent to an activating group) is 1. The van der Waals surface area contributed by atoms with Gasteiger partial charge in [-0.3, -0.25) is 13.9 Å². The number of halogens is 2. The first-order chi connectivity index (χ1) is 17.1. The van der Waals surface area contributed by atoms with E-state index in [0.29, 0.717) is 6.54 Å². The monoisotopic (exact) mass is 547 g/mol. The van der Waals surface area contributed by atoms with Crippen molar-refractivity contribution in [1.82, 2.24) is 10.2 Å². The molecule has 3 rings (SSSR count). The summed E-state index contributed by atoms with van der Waals surface area (Å²) >= 11 is 12.5. The van der Waals surface area contributed by atoms with Crippen molar-refractivity contribution in [3.8, 4) is 0 Å². The maximum Gasteiger partial charge on any atom is 0.264 e. The summed E-state index contributed by atoms with van der Waals surface area (Å²) in [6, 6.07) is 20.4. The Morgan fingerprint density at radius 1 is 0.944 bits per heavy atom. The van der Waals surface area contributed by atoms with Crippen LogP contribution in [0.1, 0.15) is 19.4 Å². The first-order valence-electron chi connectivity index (χ1n) is 11.3. The summed E-state index contributed by atoms with van der Waals surface area (Å²) in [6.07, 6.45) is 0. The number of hydrogen-bond donors (Lipinski definition) is 1. The minimum atomic E-state index is -4.21. The molecule has 2 amide bonds. The van der Waals surface area contributed by atoms with E-state index in [4.69, 9.17) is 23.2 Å². The van der Waals surface area contributed by atoms with Crippen LogP contribution in [0.3, 0.4) is 0 Å². The lowest BCUT2D eigenvalue weighted by Crippen LogP contribution is -2.51. The number of nitrogens with zero attached hydrogens (tertiary/aromatic N) is 2. The zero-order chi connectivity index (χ0) is 26.3. The Balaban J connectivity index is 2.05.